The summed E-state index contributed by atoms with van der Waals surface area (Å²) >= 11 is 0. The van der Waals surface area contributed by atoms with Gasteiger partial charge in [0, 0.05) is 12.1 Å². The number of rotatable bonds is 2. The van der Waals surface area contributed by atoms with Crippen molar-refractivity contribution in [3.8, 4) is 0 Å². The van der Waals surface area contributed by atoms with Crippen LogP contribution >= 0.6 is 0 Å². The van der Waals surface area contributed by atoms with Gasteiger partial charge < -0.3 is 14.8 Å². The molecule has 1 aliphatic rings. The zero-order valence-corrected chi connectivity index (χ0v) is 10.6. The topological polar surface area (TPSA) is 62.5 Å². The van der Waals surface area contributed by atoms with E-state index in [0.717, 1.165) is 17.5 Å². The lowest BCUT2D eigenvalue weighted by atomic mass is 9.95. The van der Waals surface area contributed by atoms with E-state index >= 15 is 0 Å². The van der Waals surface area contributed by atoms with E-state index in [1.165, 1.54) is 0 Å². The second kappa shape index (κ2) is 4.55. The first-order chi connectivity index (χ1) is 9.16. The van der Waals surface area contributed by atoms with Crippen LogP contribution in [0.2, 0.25) is 0 Å². The van der Waals surface area contributed by atoms with Gasteiger partial charge in [-0.25, -0.2) is 0 Å². The average Bonchev–Trinajstić information content (AvgIpc) is 2.84. The van der Waals surface area contributed by atoms with Crippen LogP contribution in [0.5, 0.6) is 0 Å². The third-order valence-corrected chi connectivity index (χ3v) is 3.52. The second-order valence-electron chi connectivity index (χ2n) is 4.79. The minimum atomic E-state index is -0.838. The number of hydrogen-bond acceptors (Lipinski definition) is 3. The Labute approximate surface area is 111 Å². The van der Waals surface area contributed by atoms with E-state index in [0.29, 0.717) is 23.4 Å². The highest BCUT2D eigenvalue weighted by Crippen LogP contribution is 2.27. The van der Waals surface area contributed by atoms with Gasteiger partial charge in [0.25, 0.3) is 5.91 Å². The molecule has 19 heavy (non-hydrogen) atoms. The number of hydrogen-bond donors (Lipinski definition) is 2. The molecule has 0 saturated heterocycles. The molecule has 1 aromatic heterocycles. The highest BCUT2D eigenvalue weighted by atomic mass is 16.4. The van der Waals surface area contributed by atoms with Crippen LogP contribution in [0.3, 0.4) is 0 Å². The molecule has 1 amide bonds. The predicted molar refractivity (Wildman–Crippen MR) is 70.0 cm³/mol. The maximum Gasteiger partial charge on any atom is 0.251 e. The summed E-state index contributed by atoms with van der Waals surface area (Å²) in [6.07, 6.45) is 1.55. The fourth-order valence-corrected chi connectivity index (χ4v) is 2.42. The molecule has 3 rings (SSSR count). The summed E-state index contributed by atoms with van der Waals surface area (Å²) in [5.74, 6) is 0.447. The van der Waals surface area contributed by atoms with Gasteiger partial charge in [0.1, 0.15) is 11.9 Å². The van der Waals surface area contributed by atoms with Crippen molar-refractivity contribution in [2.75, 3.05) is 6.54 Å². The van der Waals surface area contributed by atoms with E-state index in [4.69, 9.17) is 4.42 Å². The van der Waals surface area contributed by atoms with E-state index in [1.807, 2.05) is 25.1 Å². The van der Waals surface area contributed by atoms with Crippen molar-refractivity contribution in [1.82, 2.24) is 5.32 Å². The van der Waals surface area contributed by atoms with Crippen LogP contribution < -0.4 is 5.32 Å². The summed E-state index contributed by atoms with van der Waals surface area (Å²) in [5, 5.41) is 13.1. The van der Waals surface area contributed by atoms with Crippen molar-refractivity contribution in [2.45, 2.75) is 19.4 Å². The van der Waals surface area contributed by atoms with Gasteiger partial charge in [0.2, 0.25) is 0 Å². The summed E-state index contributed by atoms with van der Waals surface area (Å²) in [5.41, 5.74) is 3.24. The fraction of sp³-hybridized carbons (Fsp3) is 0.267. The van der Waals surface area contributed by atoms with Crippen LogP contribution in [-0.2, 0) is 6.42 Å². The van der Waals surface area contributed by atoms with Crippen molar-refractivity contribution in [1.29, 1.82) is 0 Å². The number of aliphatic hydroxyl groups excluding tert-OH is 1. The lowest BCUT2D eigenvalue weighted by Gasteiger charge is -2.18. The molecule has 0 bridgehead atoms. The van der Waals surface area contributed by atoms with Crippen molar-refractivity contribution in [3.63, 3.8) is 0 Å². The van der Waals surface area contributed by atoms with Crippen LogP contribution in [0.4, 0.5) is 0 Å². The smallest absolute Gasteiger partial charge is 0.251 e. The highest BCUT2D eigenvalue weighted by molar-refractivity contribution is 5.96. The highest BCUT2D eigenvalue weighted by Gasteiger charge is 2.21. The van der Waals surface area contributed by atoms with Crippen LogP contribution in [0, 0.1) is 6.92 Å². The molecular formula is C15H15NO3. The number of carbonyl (C=O) groups is 1. The molecule has 0 radical (unpaired) electrons. The zero-order chi connectivity index (χ0) is 13.4. The molecule has 2 heterocycles. The maximum absolute atomic E-state index is 11.8. The van der Waals surface area contributed by atoms with Gasteiger partial charge in [-0.05, 0) is 42.2 Å². The Hall–Kier alpha value is -2.07. The first-order valence-corrected chi connectivity index (χ1v) is 6.30. The quantitative estimate of drug-likeness (QED) is 0.864. The van der Waals surface area contributed by atoms with Crippen LogP contribution in [0.25, 0.3) is 0 Å². The van der Waals surface area contributed by atoms with Gasteiger partial charge in [0.15, 0.2) is 0 Å². The average molecular weight is 257 g/mol. The zero-order valence-electron chi connectivity index (χ0n) is 10.6. The monoisotopic (exact) mass is 257 g/mol. The molecule has 0 aliphatic carbocycles. The summed E-state index contributed by atoms with van der Waals surface area (Å²) in [4.78, 5) is 11.8. The standard InChI is InChI=1S/C15H15NO3/c1-9-5-7-19-14(9)13(17)11-3-2-10-4-6-16-15(18)12(10)8-11/h2-3,5,7-8,13,17H,4,6H2,1H3,(H,16,18). The fourth-order valence-electron chi connectivity index (χ4n) is 2.42. The van der Waals surface area contributed by atoms with Gasteiger partial charge in [0.05, 0.1) is 6.26 Å². The molecule has 2 aromatic rings. The molecule has 1 atom stereocenters. The third kappa shape index (κ3) is 2.04. The van der Waals surface area contributed by atoms with Gasteiger partial charge >= 0.3 is 0 Å². The van der Waals surface area contributed by atoms with E-state index in [1.54, 1.807) is 12.3 Å². The number of aryl methyl sites for hydroxylation is 1. The normalized spacial score (nSPS) is 15.8. The summed E-state index contributed by atoms with van der Waals surface area (Å²) in [6, 6.07) is 7.31. The summed E-state index contributed by atoms with van der Waals surface area (Å²) in [7, 11) is 0. The summed E-state index contributed by atoms with van der Waals surface area (Å²) in [6.45, 7) is 2.55. The third-order valence-electron chi connectivity index (χ3n) is 3.52. The number of furan rings is 1. The van der Waals surface area contributed by atoms with Crippen molar-refractivity contribution >= 4 is 5.91 Å². The van der Waals surface area contributed by atoms with Crippen molar-refractivity contribution < 1.29 is 14.3 Å². The molecule has 1 unspecified atom stereocenters. The maximum atomic E-state index is 11.8. The number of carbonyl (C=O) groups excluding carboxylic acids is 1. The van der Waals surface area contributed by atoms with E-state index in [9.17, 15) is 9.90 Å². The number of nitrogens with one attached hydrogen (secondary N) is 1. The summed E-state index contributed by atoms with van der Waals surface area (Å²) < 4.78 is 5.30. The Morgan fingerprint density at radius 1 is 1.37 bits per heavy atom. The van der Waals surface area contributed by atoms with Gasteiger partial charge in [-0.2, -0.15) is 0 Å². The molecule has 4 nitrogen and oxygen atoms in total. The van der Waals surface area contributed by atoms with E-state index in [2.05, 4.69) is 5.32 Å². The van der Waals surface area contributed by atoms with E-state index < -0.39 is 6.10 Å². The minimum absolute atomic E-state index is 0.0773. The predicted octanol–water partition coefficient (Wildman–Crippen LogP) is 1.96. The van der Waals surface area contributed by atoms with E-state index in [-0.39, 0.29) is 5.91 Å². The van der Waals surface area contributed by atoms with Crippen LogP contribution in [0.1, 0.15) is 38.9 Å². The van der Waals surface area contributed by atoms with Gasteiger partial charge in [-0.15, -0.1) is 0 Å². The largest absolute Gasteiger partial charge is 0.466 e. The molecule has 1 aromatic carbocycles. The number of fused-ring (bicyclic) bond motifs is 1. The molecule has 2 N–H and O–H groups in total. The first-order valence-electron chi connectivity index (χ1n) is 6.30. The Balaban J connectivity index is 2.00. The number of amides is 1. The Bertz CT molecular complexity index is 630. The lowest BCUT2D eigenvalue weighted by molar-refractivity contribution is 0.0945. The molecule has 1 aliphatic heterocycles. The lowest BCUT2D eigenvalue weighted by Crippen LogP contribution is -2.31. The van der Waals surface area contributed by atoms with Crippen molar-refractivity contribution in [3.05, 3.63) is 58.5 Å². The Morgan fingerprint density at radius 3 is 2.95 bits per heavy atom. The Kier molecular flexibility index (Phi) is 2.87. The van der Waals surface area contributed by atoms with Crippen LogP contribution in [-0.4, -0.2) is 17.6 Å². The first kappa shape index (κ1) is 12.0. The molecule has 0 spiro atoms. The van der Waals surface area contributed by atoms with Gasteiger partial charge in [-0.3, -0.25) is 4.79 Å². The Morgan fingerprint density at radius 2 is 2.21 bits per heavy atom. The molecule has 4 heteroatoms. The second-order valence-corrected chi connectivity index (χ2v) is 4.79. The van der Waals surface area contributed by atoms with Crippen molar-refractivity contribution in [2.24, 2.45) is 0 Å². The number of aliphatic hydroxyl groups is 1. The molecule has 0 fully saturated rings. The minimum Gasteiger partial charge on any atom is -0.466 e. The van der Waals surface area contributed by atoms with Gasteiger partial charge in [-0.1, -0.05) is 12.1 Å². The number of benzene rings is 1. The molecule has 98 valence electrons. The van der Waals surface area contributed by atoms with Crippen LogP contribution in [0.15, 0.2) is 34.9 Å². The molecular weight excluding hydrogens is 242 g/mol. The SMILES string of the molecule is Cc1ccoc1C(O)c1ccc2c(c1)C(=O)NCC2. The molecule has 0 saturated carbocycles.